The molecule has 21 heavy (non-hydrogen) atoms. The molecule has 3 rings (SSSR count). The average Bonchev–Trinajstić information content (AvgIpc) is 2.98. The summed E-state index contributed by atoms with van der Waals surface area (Å²) in [5.74, 6) is 2.19. The van der Waals surface area contributed by atoms with Crippen molar-refractivity contribution in [3.8, 4) is 0 Å². The van der Waals surface area contributed by atoms with Crippen LogP contribution in [0.4, 0.5) is 0 Å². The van der Waals surface area contributed by atoms with E-state index < -0.39 is 0 Å². The summed E-state index contributed by atoms with van der Waals surface area (Å²) in [5, 5.41) is 4.16. The van der Waals surface area contributed by atoms with E-state index in [2.05, 4.69) is 17.1 Å². The van der Waals surface area contributed by atoms with Crippen LogP contribution in [0.2, 0.25) is 0 Å². The van der Waals surface area contributed by atoms with E-state index in [1.54, 1.807) is 0 Å². The van der Waals surface area contributed by atoms with Gasteiger partial charge in [0.1, 0.15) is 0 Å². The minimum atomic E-state index is -0.388. The first kappa shape index (κ1) is 15.0. The van der Waals surface area contributed by atoms with Crippen molar-refractivity contribution in [2.24, 2.45) is 11.7 Å². The summed E-state index contributed by atoms with van der Waals surface area (Å²) < 4.78 is 11.1. The molecule has 5 heteroatoms. The van der Waals surface area contributed by atoms with Crippen LogP contribution in [0.15, 0.2) is 4.52 Å². The quantitative estimate of drug-likeness (QED) is 0.924. The standard InChI is InChI=1S/C16H27N3O2/c1-2-12-6-8-16(17,9-7-12)15-18-14(21-19-15)11-13-5-3-4-10-20-13/h12-13H,2-11,17H2,1H3. The molecule has 1 aliphatic heterocycles. The maximum absolute atomic E-state index is 6.53. The molecule has 5 nitrogen and oxygen atoms in total. The molecule has 1 aliphatic carbocycles. The average molecular weight is 293 g/mol. The third-order valence-electron chi connectivity index (χ3n) is 5.16. The second kappa shape index (κ2) is 6.44. The number of nitrogens with zero attached hydrogens (tertiary/aromatic N) is 2. The SMILES string of the molecule is CCC1CCC(N)(c2noc(CC3CCCCO3)n2)CC1. The summed E-state index contributed by atoms with van der Waals surface area (Å²) in [4.78, 5) is 4.57. The van der Waals surface area contributed by atoms with E-state index in [1.807, 2.05) is 0 Å². The number of ether oxygens (including phenoxy) is 1. The zero-order valence-electron chi connectivity index (χ0n) is 13.0. The molecule has 2 heterocycles. The fourth-order valence-electron chi connectivity index (χ4n) is 3.53. The normalized spacial score (nSPS) is 34.0. The monoisotopic (exact) mass is 293 g/mol. The Bertz CT molecular complexity index is 446. The third kappa shape index (κ3) is 3.46. The molecule has 2 fully saturated rings. The van der Waals surface area contributed by atoms with Crippen molar-refractivity contribution in [2.45, 2.75) is 76.4 Å². The Morgan fingerprint density at radius 2 is 2.05 bits per heavy atom. The molecule has 2 aliphatic rings. The van der Waals surface area contributed by atoms with Gasteiger partial charge in [0.15, 0.2) is 5.82 Å². The van der Waals surface area contributed by atoms with Gasteiger partial charge in [-0.3, -0.25) is 0 Å². The first-order valence-electron chi connectivity index (χ1n) is 8.43. The largest absolute Gasteiger partial charge is 0.378 e. The Morgan fingerprint density at radius 1 is 1.24 bits per heavy atom. The Kier molecular flexibility index (Phi) is 4.60. The molecule has 1 aromatic rings. The second-order valence-electron chi connectivity index (χ2n) is 6.71. The van der Waals surface area contributed by atoms with Crippen molar-refractivity contribution in [1.29, 1.82) is 0 Å². The fourth-order valence-corrected chi connectivity index (χ4v) is 3.53. The van der Waals surface area contributed by atoms with Crippen LogP contribution in [0.1, 0.15) is 70.0 Å². The predicted octanol–water partition coefficient (Wildman–Crippen LogP) is 2.94. The van der Waals surface area contributed by atoms with Crippen LogP contribution in [0.25, 0.3) is 0 Å². The lowest BCUT2D eigenvalue weighted by Gasteiger charge is -2.34. The fraction of sp³-hybridized carbons (Fsp3) is 0.875. The Labute approximate surface area is 126 Å². The van der Waals surface area contributed by atoms with Gasteiger partial charge in [-0.1, -0.05) is 18.5 Å². The Hall–Kier alpha value is -0.940. The van der Waals surface area contributed by atoms with Gasteiger partial charge in [-0.15, -0.1) is 0 Å². The maximum atomic E-state index is 6.53. The summed E-state index contributed by atoms with van der Waals surface area (Å²) in [6, 6.07) is 0. The topological polar surface area (TPSA) is 74.2 Å². The van der Waals surface area contributed by atoms with Gasteiger partial charge in [0.2, 0.25) is 5.89 Å². The van der Waals surface area contributed by atoms with E-state index in [9.17, 15) is 0 Å². The lowest BCUT2D eigenvalue weighted by atomic mass is 9.76. The van der Waals surface area contributed by atoms with Crippen molar-refractivity contribution >= 4 is 0 Å². The van der Waals surface area contributed by atoms with Crippen LogP contribution in [0, 0.1) is 5.92 Å². The highest BCUT2D eigenvalue weighted by molar-refractivity contribution is 5.06. The first-order chi connectivity index (χ1) is 10.2. The van der Waals surface area contributed by atoms with Gasteiger partial charge in [0, 0.05) is 6.61 Å². The van der Waals surface area contributed by atoms with Crippen molar-refractivity contribution in [3.05, 3.63) is 11.7 Å². The van der Waals surface area contributed by atoms with Gasteiger partial charge in [0.05, 0.1) is 18.1 Å². The van der Waals surface area contributed by atoms with E-state index in [4.69, 9.17) is 15.0 Å². The smallest absolute Gasteiger partial charge is 0.229 e. The lowest BCUT2D eigenvalue weighted by Crippen LogP contribution is -2.41. The molecule has 1 unspecified atom stereocenters. The van der Waals surface area contributed by atoms with Crippen molar-refractivity contribution < 1.29 is 9.26 Å². The molecule has 2 N–H and O–H groups in total. The molecule has 0 amide bonds. The van der Waals surface area contributed by atoms with Gasteiger partial charge < -0.3 is 15.0 Å². The highest BCUT2D eigenvalue weighted by atomic mass is 16.5. The van der Waals surface area contributed by atoms with Crippen LogP contribution in [-0.2, 0) is 16.7 Å². The number of rotatable bonds is 4. The molecule has 1 aromatic heterocycles. The van der Waals surface area contributed by atoms with Gasteiger partial charge in [-0.05, 0) is 50.9 Å². The molecule has 0 spiro atoms. The molecule has 1 saturated carbocycles. The molecule has 0 radical (unpaired) electrons. The van der Waals surface area contributed by atoms with Crippen molar-refractivity contribution in [2.75, 3.05) is 6.61 Å². The Balaban J connectivity index is 1.61. The van der Waals surface area contributed by atoms with Crippen molar-refractivity contribution in [3.63, 3.8) is 0 Å². The molecule has 1 saturated heterocycles. The number of nitrogens with two attached hydrogens (primary N) is 1. The summed E-state index contributed by atoms with van der Waals surface area (Å²) in [6.45, 7) is 3.11. The van der Waals surface area contributed by atoms with Crippen LogP contribution in [-0.4, -0.2) is 22.9 Å². The van der Waals surface area contributed by atoms with Crippen LogP contribution >= 0.6 is 0 Å². The highest BCUT2D eigenvalue weighted by Crippen LogP contribution is 2.37. The predicted molar refractivity (Wildman–Crippen MR) is 79.7 cm³/mol. The third-order valence-corrected chi connectivity index (χ3v) is 5.16. The number of hydrogen-bond donors (Lipinski definition) is 1. The second-order valence-corrected chi connectivity index (χ2v) is 6.71. The zero-order chi connectivity index (χ0) is 14.7. The van der Waals surface area contributed by atoms with Crippen LogP contribution in [0.5, 0.6) is 0 Å². The van der Waals surface area contributed by atoms with E-state index in [0.717, 1.165) is 44.6 Å². The van der Waals surface area contributed by atoms with E-state index in [0.29, 0.717) is 11.7 Å². The summed E-state index contributed by atoms with van der Waals surface area (Å²) >= 11 is 0. The van der Waals surface area contributed by atoms with E-state index in [1.165, 1.54) is 25.7 Å². The minimum absolute atomic E-state index is 0.233. The molecular formula is C16H27N3O2. The first-order valence-corrected chi connectivity index (χ1v) is 8.43. The van der Waals surface area contributed by atoms with Gasteiger partial charge in [-0.2, -0.15) is 4.98 Å². The van der Waals surface area contributed by atoms with Crippen LogP contribution < -0.4 is 5.73 Å². The van der Waals surface area contributed by atoms with E-state index in [-0.39, 0.29) is 11.6 Å². The maximum Gasteiger partial charge on any atom is 0.229 e. The molecule has 118 valence electrons. The Morgan fingerprint density at radius 3 is 2.71 bits per heavy atom. The summed E-state index contributed by atoms with van der Waals surface area (Å²) in [7, 11) is 0. The summed E-state index contributed by atoms with van der Waals surface area (Å²) in [5.41, 5.74) is 6.14. The van der Waals surface area contributed by atoms with Gasteiger partial charge >= 0.3 is 0 Å². The van der Waals surface area contributed by atoms with E-state index >= 15 is 0 Å². The number of aromatic nitrogens is 2. The molecule has 0 bridgehead atoms. The molecule has 0 aromatic carbocycles. The summed E-state index contributed by atoms with van der Waals surface area (Å²) in [6.07, 6.45) is 9.94. The number of hydrogen-bond acceptors (Lipinski definition) is 5. The van der Waals surface area contributed by atoms with Gasteiger partial charge in [0.25, 0.3) is 0 Å². The van der Waals surface area contributed by atoms with Crippen molar-refractivity contribution in [1.82, 2.24) is 10.1 Å². The van der Waals surface area contributed by atoms with Gasteiger partial charge in [-0.25, -0.2) is 0 Å². The molecule has 1 atom stereocenters. The minimum Gasteiger partial charge on any atom is -0.378 e. The zero-order valence-corrected chi connectivity index (χ0v) is 13.0. The molecular weight excluding hydrogens is 266 g/mol. The lowest BCUT2D eigenvalue weighted by molar-refractivity contribution is 0.0124. The van der Waals surface area contributed by atoms with Crippen LogP contribution in [0.3, 0.4) is 0 Å². The highest BCUT2D eigenvalue weighted by Gasteiger charge is 2.37.